The number of nitrogens with zero attached hydrogens (tertiary/aromatic N) is 2. The summed E-state index contributed by atoms with van der Waals surface area (Å²) in [5.74, 6) is 1.09. The molecule has 0 atom stereocenters. The second kappa shape index (κ2) is 8.78. The van der Waals surface area contributed by atoms with Crippen LogP contribution in [0, 0.1) is 0 Å². The van der Waals surface area contributed by atoms with E-state index >= 15 is 0 Å². The average Bonchev–Trinajstić information content (AvgIpc) is 2.96. The Morgan fingerprint density at radius 1 is 0.806 bits per heavy atom. The molecule has 0 spiro atoms. The van der Waals surface area contributed by atoms with Crippen molar-refractivity contribution in [2.75, 3.05) is 11.9 Å². The van der Waals surface area contributed by atoms with Gasteiger partial charge < -0.3 is 5.32 Å². The zero-order chi connectivity index (χ0) is 21.2. The number of hydrogen-bond donors (Lipinski definition) is 1. The van der Waals surface area contributed by atoms with Gasteiger partial charge in [0.25, 0.3) is 0 Å². The Labute approximate surface area is 192 Å². The maximum atomic E-state index is 6.33. The quantitative estimate of drug-likeness (QED) is 0.361. The Bertz CT molecular complexity index is 1130. The topological polar surface area (TPSA) is 29.9 Å². The molecule has 31 heavy (non-hydrogen) atoms. The van der Waals surface area contributed by atoms with E-state index in [4.69, 9.17) is 28.3 Å². The molecule has 1 aliphatic rings. The van der Waals surface area contributed by atoms with Crippen LogP contribution in [0.2, 0.25) is 10.0 Å². The maximum Gasteiger partial charge on any atom is 0.133 e. The summed E-state index contributed by atoms with van der Waals surface area (Å²) in [6.45, 7) is 0.924. The summed E-state index contributed by atoms with van der Waals surface area (Å²) in [7, 11) is 0. The largest absolute Gasteiger partial charge is 0.370 e. The highest BCUT2D eigenvalue weighted by Crippen LogP contribution is 2.39. The normalized spacial score (nSPS) is 13.5. The molecule has 4 aromatic rings. The first kappa shape index (κ1) is 20.2. The first-order chi connectivity index (χ1) is 15.2. The van der Waals surface area contributed by atoms with Crippen LogP contribution >= 0.6 is 23.2 Å². The Balaban J connectivity index is 1.75. The smallest absolute Gasteiger partial charge is 0.133 e. The van der Waals surface area contributed by atoms with E-state index < -0.39 is 0 Å². The second-order valence-electron chi connectivity index (χ2n) is 7.89. The molecular formula is C26H23Cl2N3. The van der Waals surface area contributed by atoms with Crippen molar-refractivity contribution in [3.05, 3.63) is 111 Å². The van der Waals surface area contributed by atoms with Crippen LogP contribution in [0.25, 0.3) is 5.69 Å². The highest BCUT2D eigenvalue weighted by atomic mass is 35.5. The molecule has 0 fully saturated rings. The van der Waals surface area contributed by atoms with E-state index in [0.29, 0.717) is 10.0 Å². The van der Waals surface area contributed by atoms with Gasteiger partial charge in [0.1, 0.15) is 5.82 Å². The van der Waals surface area contributed by atoms with E-state index in [0.717, 1.165) is 43.0 Å². The molecular weight excluding hydrogens is 425 g/mol. The minimum absolute atomic E-state index is 0.0481. The number of aromatic nitrogens is 2. The molecule has 3 nitrogen and oxygen atoms in total. The fourth-order valence-electron chi connectivity index (χ4n) is 4.41. The van der Waals surface area contributed by atoms with Crippen molar-refractivity contribution < 1.29 is 0 Å². The van der Waals surface area contributed by atoms with E-state index in [9.17, 15) is 0 Å². The van der Waals surface area contributed by atoms with Gasteiger partial charge in [-0.15, -0.1) is 0 Å². The molecule has 0 saturated heterocycles. The predicted molar refractivity (Wildman–Crippen MR) is 129 cm³/mol. The summed E-state index contributed by atoms with van der Waals surface area (Å²) in [6.07, 6.45) is 3.25. The third-order valence-corrected chi connectivity index (χ3v) is 6.23. The van der Waals surface area contributed by atoms with Crippen molar-refractivity contribution in [2.45, 2.75) is 25.2 Å². The van der Waals surface area contributed by atoms with E-state index in [1.807, 2.05) is 16.8 Å². The monoisotopic (exact) mass is 447 g/mol. The summed E-state index contributed by atoms with van der Waals surface area (Å²) in [4.78, 5) is 0. The molecule has 5 heteroatoms. The van der Waals surface area contributed by atoms with Crippen molar-refractivity contribution in [2.24, 2.45) is 0 Å². The van der Waals surface area contributed by atoms with Gasteiger partial charge in [-0.2, -0.15) is 5.10 Å². The molecule has 0 radical (unpaired) electrons. The SMILES string of the molecule is Clc1cc(Cl)cc(-n2nc(C(c3ccccc3)c3ccccc3)c3c2NCCCC3)c1. The fraction of sp³-hybridized carbons (Fsp3) is 0.192. The van der Waals surface area contributed by atoms with Crippen LogP contribution < -0.4 is 5.32 Å². The molecule has 0 aliphatic carbocycles. The highest BCUT2D eigenvalue weighted by molar-refractivity contribution is 6.34. The molecule has 1 N–H and O–H groups in total. The summed E-state index contributed by atoms with van der Waals surface area (Å²) in [6, 6.07) is 26.8. The van der Waals surface area contributed by atoms with Crippen LogP contribution in [0.15, 0.2) is 78.9 Å². The van der Waals surface area contributed by atoms with Gasteiger partial charge in [-0.1, -0.05) is 83.9 Å². The van der Waals surface area contributed by atoms with E-state index in [1.165, 1.54) is 16.7 Å². The van der Waals surface area contributed by atoms with Crippen LogP contribution in [-0.4, -0.2) is 16.3 Å². The van der Waals surface area contributed by atoms with Crippen molar-refractivity contribution in [1.82, 2.24) is 9.78 Å². The third kappa shape index (κ3) is 4.08. The number of fused-ring (bicyclic) bond motifs is 1. The predicted octanol–water partition coefficient (Wildman–Crippen LogP) is 7.11. The number of anilines is 1. The van der Waals surface area contributed by atoms with Gasteiger partial charge in [0.05, 0.1) is 17.3 Å². The van der Waals surface area contributed by atoms with E-state index in [-0.39, 0.29) is 5.92 Å². The van der Waals surface area contributed by atoms with Gasteiger partial charge in [0.15, 0.2) is 0 Å². The second-order valence-corrected chi connectivity index (χ2v) is 8.76. The maximum absolute atomic E-state index is 6.33. The Morgan fingerprint density at radius 2 is 1.42 bits per heavy atom. The number of halogens is 2. The standard InChI is InChI=1S/C26H23Cl2N3/c27-20-15-21(28)17-22(16-20)31-26-23(13-7-8-14-29-26)25(30-31)24(18-9-3-1-4-10-18)19-11-5-2-6-12-19/h1-6,9-12,15-17,24,29H,7-8,13-14H2. The molecule has 156 valence electrons. The van der Waals surface area contributed by atoms with Gasteiger partial charge in [0, 0.05) is 22.2 Å². The van der Waals surface area contributed by atoms with Gasteiger partial charge in [-0.25, -0.2) is 4.68 Å². The number of hydrogen-bond acceptors (Lipinski definition) is 2. The molecule has 1 aromatic heterocycles. The lowest BCUT2D eigenvalue weighted by Crippen LogP contribution is -2.08. The van der Waals surface area contributed by atoms with Crippen LogP contribution in [-0.2, 0) is 6.42 Å². The lowest BCUT2D eigenvalue weighted by Gasteiger charge is -2.18. The van der Waals surface area contributed by atoms with Gasteiger partial charge >= 0.3 is 0 Å². The van der Waals surface area contributed by atoms with Crippen LogP contribution in [0.3, 0.4) is 0 Å². The van der Waals surface area contributed by atoms with Crippen molar-refractivity contribution >= 4 is 29.0 Å². The van der Waals surface area contributed by atoms with Crippen LogP contribution in [0.5, 0.6) is 0 Å². The summed E-state index contributed by atoms with van der Waals surface area (Å²) < 4.78 is 1.98. The molecule has 2 heterocycles. The Morgan fingerprint density at radius 3 is 2.03 bits per heavy atom. The zero-order valence-corrected chi connectivity index (χ0v) is 18.6. The number of nitrogens with one attached hydrogen (secondary N) is 1. The van der Waals surface area contributed by atoms with Gasteiger partial charge in [-0.05, 0) is 48.6 Å². The average molecular weight is 448 g/mol. The Hall–Kier alpha value is -2.75. The molecule has 5 rings (SSSR count). The minimum Gasteiger partial charge on any atom is -0.370 e. The lowest BCUT2D eigenvalue weighted by atomic mass is 9.86. The fourth-order valence-corrected chi connectivity index (χ4v) is 4.92. The van der Waals surface area contributed by atoms with E-state index in [2.05, 4.69) is 66.0 Å². The van der Waals surface area contributed by atoms with Crippen molar-refractivity contribution in [1.29, 1.82) is 0 Å². The molecule has 0 amide bonds. The minimum atomic E-state index is 0.0481. The van der Waals surface area contributed by atoms with Crippen LogP contribution in [0.1, 0.15) is 41.1 Å². The van der Waals surface area contributed by atoms with Gasteiger partial charge in [0.2, 0.25) is 0 Å². The third-order valence-electron chi connectivity index (χ3n) is 5.79. The molecule has 0 saturated carbocycles. The number of rotatable bonds is 4. The first-order valence-electron chi connectivity index (χ1n) is 10.6. The summed E-state index contributed by atoms with van der Waals surface area (Å²) in [5, 5.41) is 10.0. The summed E-state index contributed by atoms with van der Waals surface area (Å²) in [5.41, 5.74) is 5.68. The van der Waals surface area contributed by atoms with Crippen LogP contribution in [0.4, 0.5) is 5.82 Å². The summed E-state index contributed by atoms with van der Waals surface area (Å²) >= 11 is 12.7. The molecule has 1 aliphatic heterocycles. The van der Waals surface area contributed by atoms with Crippen molar-refractivity contribution in [3.8, 4) is 5.69 Å². The number of benzene rings is 3. The zero-order valence-electron chi connectivity index (χ0n) is 17.1. The van der Waals surface area contributed by atoms with Crippen molar-refractivity contribution in [3.63, 3.8) is 0 Å². The highest BCUT2D eigenvalue weighted by Gasteiger charge is 2.28. The lowest BCUT2D eigenvalue weighted by molar-refractivity contribution is 0.754. The van der Waals surface area contributed by atoms with E-state index in [1.54, 1.807) is 6.07 Å². The molecule has 0 bridgehead atoms. The Kier molecular flexibility index (Phi) is 5.71. The first-order valence-corrected chi connectivity index (χ1v) is 11.4. The molecule has 3 aromatic carbocycles. The molecule has 0 unspecified atom stereocenters. The van der Waals surface area contributed by atoms with Gasteiger partial charge in [-0.3, -0.25) is 0 Å².